The van der Waals surface area contributed by atoms with Crippen molar-refractivity contribution in [2.45, 2.75) is 53.6 Å². The van der Waals surface area contributed by atoms with Gasteiger partial charge in [-0.1, -0.05) is 27.7 Å². The lowest BCUT2D eigenvalue weighted by Crippen LogP contribution is -2.25. The summed E-state index contributed by atoms with van der Waals surface area (Å²) in [5, 5.41) is 7.88. The van der Waals surface area contributed by atoms with E-state index >= 15 is 0 Å². The molecule has 3 nitrogen and oxygen atoms in total. The standard InChI is InChI=1S/C13H25N3/c1-6-14-12(8-13(3,4)5)11-9-15-16(7-2)10-11/h9-10,12,14H,6-8H2,1-5H3. The van der Waals surface area contributed by atoms with Crippen LogP contribution in [0.15, 0.2) is 12.4 Å². The Morgan fingerprint density at radius 1 is 1.38 bits per heavy atom. The van der Waals surface area contributed by atoms with E-state index in [0.29, 0.717) is 11.5 Å². The third-order valence-corrected chi connectivity index (χ3v) is 2.65. The second-order valence-electron chi connectivity index (χ2n) is 5.50. The van der Waals surface area contributed by atoms with Gasteiger partial charge in [0.15, 0.2) is 0 Å². The molecule has 0 aromatic carbocycles. The molecule has 16 heavy (non-hydrogen) atoms. The third kappa shape index (κ3) is 3.97. The molecule has 0 amide bonds. The van der Waals surface area contributed by atoms with Crippen LogP contribution in [-0.4, -0.2) is 16.3 Å². The van der Waals surface area contributed by atoms with Crippen molar-refractivity contribution in [2.75, 3.05) is 6.54 Å². The van der Waals surface area contributed by atoms with E-state index in [-0.39, 0.29) is 0 Å². The predicted molar refractivity (Wildman–Crippen MR) is 68.4 cm³/mol. The van der Waals surface area contributed by atoms with E-state index in [4.69, 9.17) is 0 Å². The van der Waals surface area contributed by atoms with E-state index in [1.54, 1.807) is 0 Å². The zero-order valence-electron chi connectivity index (χ0n) is 11.2. The summed E-state index contributed by atoms with van der Waals surface area (Å²) in [6.07, 6.45) is 5.28. The third-order valence-electron chi connectivity index (χ3n) is 2.65. The molecular formula is C13H25N3. The van der Waals surface area contributed by atoms with Crippen LogP contribution in [0.5, 0.6) is 0 Å². The van der Waals surface area contributed by atoms with Crippen molar-refractivity contribution >= 4 is 0 Å². The molecule has 1 N–H and O–H groups in total. The van der Waals surface area contributed by atoms with Crippen LogP contribution in [0.1, 0.15) is 52.6 Å². The highest BCUT2D eigenvalue weighted by Gasteiger charge is 2.20. The molecule has 1 aromatic rings. The van der Waals surface area contributed by atoms with Crippen LogP contribution >= 0.6 is 0 Å². The monoisotopic (exact) mass is 223 g/mol. The van der Waals surface area contributed by atoms with Gasteiger partial charge in [-0.15, -0.1) is 0 Å². The molecule has 1 heterocycles. The Balaban J connectivity index is 2.76. The molecule has 1 aromatic heterocycles. The fourth-order valence-electron chi connectivity index (χ4n) is 1.90. The van der Waals surface area contributed by atoms with Gasteiger partial charge in [0.2, 0.25) is 0 Å². The van der Waals surface area contributed by atoms with E-state index in [9.17, 15) is 0 Å². The van der Waals surface area contributed by atoms with Gasteiger partial charge in [0.1, 0.15) is 0 Å². The maximum atomic E-state index is 4.34. The van der Waals surface area contributed by atoms with Crippen molar-refractivity contribution in [1.82, 2.24) is 15.1 Å². The van der Waals surface area contributed by atoms with Gasteiger partial charge in [0.05, 0.1) is 6.20 Å². The maximum Gasteiger partial charge on any atom is 0.0537 e. The average Bonchev–Trinajstić information content (AvgIpc) is 2.63. The summed E-state index contributed by atoms with van der Waals surface area (Å²) in [5.41, 5.74) is 1.64. The number of hydrogen-bond donors (Lipinski definition) is 1. The van der Waals surface area contributed by atoms with Crippen molar-refractivity contribution in [2.24, 2.45) is 5.41 Å². The van der Waals surface area contributed by atoms with Crippen LogP contribution in [0.25, 0.3) is 0 Å². The Bertz CT molecular complexity index is 309. The molecule has 1 atom stereocenters. The second-order valence-corrected chi connectivity index (χ2v) is 5.50. The summed E-state index contributed by atoms with van der Waals surface area (Å²) in [6.45, 7) is 13.0. The van der Waals surface area contributed by atoms with Gasteiger partial charge in [0.25, 0.3) is 0 Å². The zero-order chi connectivity index (χ0) is 12.2. The first kappa shape index (κ1) is 13.2. The molecule has 0 aliphatic rings. The highest BCUT2D eigenvalue weighted by molar-refractivity contribution is 5.11. The van der Waals surface area contributed by atoms with Crippen molar-refractivity contribution in [1.29, 1.82) is 0 Å². The van der Waals surface area contributed by atoms with Gasteiger partial charge >= 0.3 is 0 Å². The molecule has 0 saturated carbocycles. The quantitative estimate of drug-likeness (QED) is 0.831. The molecule has 0 radical (unpaired) electrons. The second kappa shape index (κ2) is 5.48. The van der Waals surface area contributed by atoms with Crippen LogP contribution in [0, 0.1) is 5.41 Å². The normalized spacial score (nSPS) is 14.1. The molecule has 1 unspecified atom stereocenters. The lowest BCUT2D eigenvalue weighted by molar-refractivity contribution is 0.314. The van der Waals surface area contributed by atoms with E-state index < -0.39 is 0 Å². The van der Waals surface area contributed by atoms with E-state index in [1.165, 1.54) is 5.56 Å². The minimum Gasteiger partial charge on any atom is -0.310 e. The lowest BCUT2D eigenvalue weighted by Gasteiger charge is -2.25. The van der Waals surface area contributed by atoms with Gasteiger partial charge in [-0.05, 0) is 25.3 Å². The number of rotatable bonds is 5. The first-order valence-electron chi connectivity index (χ1n) is 6.22. The Morgan fingerprint density at radius 3 is 2.50 bits per heavy atom. The van der Waals surface area contributed by atoms with E-state index in [0.717, 1.165) is 19.5 Å². The molecule has 0 bridgehead atoms. The summed E-state index contributed by atoms with van der Waals surface area (Å²) in [5.74, 6) is 0. The Labute approximate surface area is 99.2 Å². The lowest BCUT2D eigenvalue weighted by atomic mass is 9.86. The summed E-state index contributed by atoms with van der Waals surface area (Å²) >= 11 is 0. The number of nitrogens with zero attached hydrogens (tertiary/aromatic N) is 2. The molecule has 3 heteroatoms. The molecule has 0 saturated heterocycles. The summed E-state index contributed by atoms with van der Waals surface area (Å²) in [4.78, 5) is 0. The summed E-state index contributed by atoms with van der Waals surface area (Å²) < 4.78 is 1.99. The summed E-state index contributed by atoms with van der Waals surface area (Å²) in [7, 11) is 0. The van der Waals surface area contributed by atoms with Crippen LogP contribution in [0.3, 0.4) is 0 Å². The number of hydrogen-bond acceptors (Lipinski definition) is 2. The van der Waals surface area contributed by atoms with Gasteiger partial charge in [-0.25, -0.2) is 0 Å². The van der Waals surface area contributed by atoms with Gasteiger partial charge < -0.3 is 5.32 Å². The van der Waals surface area contributed by atoms with Gasteiger partial charge in [0, 0.05) is 24.3 Å². The molecule has 0 aliphatic heterocycles. The minimum absolute atomic E-state index is 0.334. The summed E-state index contributed by atoms with van der Waals surface area (Å²) in [6, 6.07) is 0.422. The fraction of sp³-hybridized carbons (Fsp3) is 0.769. The molecular weight excluding hydrogens is 198 g/mol. The van der Waals surface area contributed by atoms with Crippen LogP contribution < -0.4 is 5.32 Å². The largest absolute Gasteiger partial charge is 0.310 e. The Hall–Kier alpha value is -0.830. The van der Waals surface area contributed by atoms with E-state index in [2.05, 4.69) is 51.2 Å². The predicted octanol–water partition coefficient (Wildman–Crippen LogP) is 2.99. The fourth-order valence-corrected chi connectivity index (χ4v) is 1.90. The van der Waals surface area contributed by atoms with Crippen LogP contribution in [0.4, 0.5) is 0 Å². The molecule has 92 valence electrons. The molecule has 0 aliphatic carbocycles. The van der Waals surface area contributed by atoms with Crippen LogP contribution in [-0.2, 0) is 6.54 Å². The smallest absolute Gasteiger partial charge is 0.0537 e. The Kier molecular flexibility index (Phi) is 4.54. The van der Waals surface area contributed by atoms with Crippen molar-refractivity contribution < 1.29 is 0 Å². The number of nitrogens with one attached hydrogen (secondary N) is 1. The van der Waals surface area contributed by atoms with Crippen molar-refractivity contribution in [3.63, 3.8) is 0 Å². The van der Waals surface area contributed by atoms with Crippen molar-refractivity contribution in [3.05, 3.63) is 18.0 Å². The van der Waals surface area contributed by atoms with E-state index in [1.807, 2.05) is 10.9 Å². The first-order valence-corrected chi connectivity index (χ1v) is 6.22. The Morgan fingerprint density at radius 2 is 2.06 bits per heavy atom. The SMILES string of the molecule is CCNC(CC(C)(C)C)c1cnn(CC)c1. The highest BCUT2D eigenvalue weighted by atomic mass is 15.3. The van der Waals surface area contributed by atoms with Crippen LogP contribution in [0.2, 0.25) is 0 Å². The minimum atomic E-state index is 0.334. The van der Waals surface area contributed by atoms with Gasteiger partial charge in [-0.2, -0.15) is 5.10 Å². The molecule has 1 rings (SSSR count). The van der Waals surface area contributed by atoms with Gasteiger partial charge in [-0.3, -0.25) is 4.68 Å². The topological polar surface area (TPSA) is 29.9 Å². The number of aromatic nitrogens is 2. The maximum absolute atomic E-state index is 4.34. The van der Waals surface area contributed by atoms with Crippen molar-refractivity contribution in [3.8, 4) is 0 Å². The zero-order valence-corrected chi connectivity index (χ0v) is 11.2. The molecule has 0 fully saturated rings. The highest BCUT2D eigenvalue weighted by Crippen LogP contribution is 2.29. The molecule has 0 spiro atoms. The average molecular weight is 223 g/mol. The number of aryl methyl sites for hydroxylation is 1. The first-order chi connectivity index (χ1) is 7.46.